The maximum atomic E-state index is 14.1. The van der Waals surface area contributed by atoms with Crippen molar-refractivity contribution >= 4 is 23.0 Å². The van der Waals surface area contributed by atoms with E-state index in [2.05, 4.69) is 32.6 Å². The topological polar surface area (TPSA) is 47.6 Å². The number of rotatable bonds is 4. The average Bonchev–Trinajstić information content (AvgIpc) is 3.48. The number of nitrogens with zero attached hydrogens (tertiary/aromatic N) is 2. The zero-order valence-corrected chi connectivity index (χ0v) is 18.2. The quantitative estimate of drug-likeness (QED) is 0.776. The van der Waals surface area contributed by atoms with Crippen molar-refractivity contribution in [3.63, 3.8) is 0 Å². The van der Waals surface area contributed by atoms with E-state index in [1.165, 1.54) is 44.8 Å². The molecule has 3 aliphatic heterocycles. The normalized spacial score (nSPS) is 21.7. The van der Waals surface area contributed by atoms with Gasteiger partial charge < -0.3 is 20.4 Å². The number of benzene rings is 2. The number of aryl methyl sites for hydroxylation is 1. The van der Waals surface area contributed by atoms with E-state index in [1.54, 1.807) is 6.07 Å². The Hall–Kier alpha value is -2.60. The molecule has 1 amide bonds. The number of carbonyl (C=O) groups is 1. The Kier molecular flexibility index (Phi) is 5.57. The summed E-state index contributed by atoms with van der Waals surface area (Å²) < 4.78 is 14.1. The van der Waals surface area contributed by atoms with Crippen molar-refractivity contribution < 1.29 is 9.18 Å². The minimum Gasteiger partial charge on any atom is -0.373 e. The Morgan fingerprint density at radius 3 is 2.61 bits per heavy atom. The number of fused-ring (bicyclic) bond motifs is 1. The molecule has 2 saturated heterocycles. The molecular weight excluding hydrogens is 391 g/mol. The lowest BCUT2D eigenvalue weighted by molar-refractivity contribution is -0.116. The van der Waals surface area contributed by atoms with Crippen molar-refractivity contribution in [3.8, 4) is 0 Å². The van der Waals surface area contributed by atoms with Gasteiger partial charge in [0.25, 0.3) is 0 Å². The van der Waals surface area contributed by atoms with Crippen LogP contribution in [-0.2, 0) is 11.2 Å². The molecule has 0 aliphatic carbocycles. The summed E-state index contributed by atoms with van der Waals surface area (Å²) in [6, 6.07) is 11.6. The van der Waals surface area contributed by atoms with Crippen LogP contribution in [0, 0.1) is 12.7 Å². The van der Waals surface area contributed by atoms with E-state index in [9.17, 15) is 9.18 Å². The molecule has 1 unspecified atom stereocenters. The van der Waals surface area contributed by atoms with Crippen molar-refractivity contribution in [2.45, 2.75) is 51.1 Å². The maximum Gasteiger partial charge on any atom is 0.247 e. The van der Waals surface area contributed by atoms with E-state index < -0.39 is 6.04 Å². The molecule has 164 valence electrons. The van der Waals surface area contributed by atoms with Gasteiger partial charge in [-0.15, -0.1) is 0 Å². The second kappa shape index (κ2) is 8.50. The molecular formula is C25H31FN4O. The van der Waals surface area contributed by atoms with Gasteiger partial charge in [0.1, 0.15) is 11.9 Å². The van der Waals surface area contributed by atoms with Crippen LogP contribution in [0.25, 0.3) is 0 Å². The Balaban J connectivity index is 1.21. The zero-order chi connectivity index (χ0) is 21.4. The number of anilines is 3. The molecule has 5 rings (SSSR count). The van der Waals surface area contributed by atoms with Gasteiger partial charge >= 0.3 is 0 Å². The highest BCUT2D eigenvalue weighted by Gasteiger charge is 2.30. The SMILES string of the molecule is Cc1ccc(F)c2c1NC(C(=O)Nc1cccc(N3CCC(N4CCCC4)CC3)c1)C2. The van der Waals surface area contributed by atoms with Gasteiger partial charge in [0.15, 0.2) is 0 Å². The molecule has 0 bridgehead atoms. The second-order valence-corrected chi connectivity index (χ2v) is 9.12. The number of piperidine rings is 1. The van der Waals surface area contributed by atoms with Gasteiger partial charge in [0.2, 0.25) is 5.91 Å². The standard InChI is InChI=1S/C25H31FN4O/c1-17-7-8-22(26)21-16-23(28-24(17)21)25(31)27-18-5-4-6-20(15-18)30-13-9-19(10-14-30)29-11-2-3-12-29/h4-8,15,19,23,28H,2-3,9-14,16H2,1H3,(H,27,31). The second-order valence-electron chi connectivity index (χ2n) is 9.12. The molecule has 2 fully saturated rings. The molecule has 1 atom stereocenters. The van der Waals surface area contributed by atoms with Crippen molar-refractivity contribution in [3.05, 3.63) is 53.3 Å². The summed E-state index contributed by atoms with van der Waals surface area (Å²) in [7, 11) is 0. The highest BCUT2D eigenvalue weighted by atomic mass is 19.1. The maximum absolute atomic E-state index is 14.1. The smallest absolute Gasteiger partial charge is 0.247 e. The first-order valence-electron chi connectivity index (χ1n) is 11.5. The van der Waals surface area contributed by atoms with E-state index in [0.29, 0.717) is 12.0 Å². The van der Waals surface area contributed by atoms with Crippen molar-refractivity contribution in [1.29, 1.82) is 0 Å². The molecule has 0 saturated carbocycles. The van der Waals surface area contributed by atoms with E-state index >= 15 is 0 Å². The molecule has 31 heavy (non-hydrogen) atoms. The molecule has 0 aromatic heterocycles. The van der Waals surface area contributed by atoms with E-state index in [4.69, 9.17) is 0 Å². The van der Waals surface area contributed by atoms with E-state index in [1.807, 2.05) is 19.1 Å². The number of likely N-dealkylation sites (tertiary alicyclic amines) is 1. The molecule has 3 heterocycles. The molecule has 0 radical (unpaired) electrons. The Labute approximate surface area is 183 Å². The van der Waals surface area contributed by atoms with Crippen LogP contribution in [0.3, 0.4) is 0 Å². The van der Waals surface area contributed by atoms with Crippen LogP contribution < -0.4 is 15.5 Å². The van der Waals surface area contributed by atoms with Crippen LogP contribution in [0.1, 0.15) is 36.8 Å². The molecule has 5 nitrogen and oxygen atoms in total. The Morgan fingerprint density at radius 1 is 1.10 bits per heavy atom. The largest absolute Gasteiger partial charge is 0.373 e. The van der Waals surface area contributed by atoms with E-state index in [-0.39, 0.29) is 11.7 Å². The number of hydrogen-bond donors (Lipinski definition) is 2. The van der Waals surface area contributed by atoms with E-state index in [0.717, 1.165) is 41.8 Å². The summed E-state index contributed by atoms with van der Waals surface area (Å²) in [5, 5.41) is 6.24. The van der Waals surface area contributed by atoms with Crippen molar-refractivity contribution in [1.82, 2.24) is 4.90 Å². The number of hydrogen-bond acceptors (Lipinski definition) is 4. The summed E-state index contributed by atoms with van der Waals surface area (Å²) in [5.74, 6) is -0.373. The van der Waals surface area contributed by atoms with Gasteiger partial charge in [-0.3, -0.25) is 4.79 Å². The van der Waals surface area contributed by atoms with Crippen LogP contribution in [0.15, 0.2) is 36.4 Å². The van der Waals surface area contributed by atoms with Crippen LogP contribution >= 0.6 is 0 Å². The lowest BCUT2D eigenvalue weighted by Crippen LogP contribution is -2.43. The molecule has 0 spiro atoms. The molecule has 2 N–H and O–H groups in total. The van der Waals surface area contributed by atoms with Gasteiger partial charge in [0.05, 0.1) is 0 Å². The minimum atomic E-state index is -0.453. The van der Waals surface area contributed by atoms with Gasteiger partial charge in [0, 0.05) is 48.2 Å². The number of nitrogens with one attached hydrogen (secondary N) is 2. The van der Waals surface area contributed by atoms with Crippen LogP contribution in [-0.4, -0.2) is 49.1 Å². The number of amides is 1. The number of halogens is 1. The average molecular weight is 423 g/mol. The van der Waals surface area contributed by atoms with Crippen LogP contribution in [0.5, 0.6) is 0 Å². The van der Waals surface area contributed by atoms with Crippen LogP contribution in [0.4, 0.5) is 21.5 Å². The fourth-order valence-electron chi connectivity index (χ4n) is 5.33. The summed E-state index contributed by atoms with van der Waals surface area (Å²) in [5.41, 5.74) is 4.27. The van der Waals surface area contributed by atoms with Gasteiger partial charge in [-0.2, -0.15) is 0 Å². The van der Waals surface area contributed by atoms with Gasteiger partial charge in [-0.1, -0.05) is 12.1 Å². The lowest BCUT2D eigenvalue weighted by atomic mass is 10.0. The summed E-state index contributed by atoms with van der Waals surface area (Å²) >= 11 is 0. The molecule has 3 aliphatic rings. The first-order chi connectivity index (χ1) is 15.1. The summed E-state index contributed by atoms with van der Waals surface area (Å²) in [4.78, 5) is 17.9. The minimum absolute atomic E-state index is 0.125. The first kappa shape index (κ1) is 20.3. The van der Waals surface area contributed by atoms with Gasteiger partial charge in [-0.05, 0) is 75.5 Å². The fraction of sp³-hybridized carbons (Fsp3) is 0.480. The summed E-state index contributed by atoms with van der Waals surface area (Å²) in [6.45, 7) is 6.55. The van der Waals surface area contributed by atoms with Crippen LogP contribution in [0.2, 0.25) is 0 Å². The Bertz CT molecular complexity index is 933. The van der Waals surface area contributed by atoms with Crippen molar-refractivity contribution in [2.24, 2.45) is 0 Å². The third-order valence-corrected chi connectivity index (χ3v) is 7.11. The molecule has 6 heteroatoms. The highest BCUT2D eigenvalue weighted by molar-refractivity contribution is 5.98. The number of carbonyl (C=O) groups excluding carboxylic acids is 1. The predicted octanol–water partition coefficient (Wildman–Crippen LogP) is 4.17. The Morgan fingerprint density at radius 2 is 1.87 bits per heavy atom. The molecule has 2 aromatic rings. The third kappa shape index (κ3) is 4.13. The molecule has 2 aromatic carbocycles. The van der Waals surface area contributed by atoms with Crippen molar-refractivity contribution in [2.75, 3.05) is 41.7 Å². The third-order valence-electron chi connectivity index (χ3n) is 7.11. The fourth-order valence-corrected chi connectivity index (χ4v) is 5.33. The van der Waals surface area contributed by atoms with Gasteiger partial charge in [-0.25, -0.2) is 4.39 Å². The highest BCUT2D eigenvalue weighted by Crippen LogP contribution is 2.32. The zero-order valence-electron chi connectivity index (χ0n) is 18.2. The first-order valence-corrected chi connectivity index (χ1v) is 11.5. The summed E-state index contributed by atoms with van der Waals surface area (Å²) in [6.07, 6.45) is 5.46. The lowest BCUT2D eigenvalue weighted by Gasteiger charge is -2.38. The predicted molar refractivity (Wildman–Crippen MR) is 123 cm³/mol. The monoisotopic (exact) mass is 422 g/mol.